The van der Waals surface area contributed by atoms with Gasteiger partial charge in [-0.15, -0.1) is 0 Å². The molecule has 28 heavy (non-hydrogen) atoms. The van der Waals surface area contributed by atoms with Crippen molar-refractivity contribution in [1.29, 1.82) is 0 Å². The lowest BCUT2D eigenvalue weighted by atomic mass is 10.0. The van der Waals surface area contributed by atoms with E-state index >= 15 is 0 Å². The summed E-state index contributed by atoms with van der Waals surface area (Å²) in [6, 6.07) is 29.8. The summed E-state index contributed by atoms with van der Waals surface area (Å²) in [5.74, 6) is 0.791. The van der Waals surface area contributed by atoms with Crippen LogP contribution in [0.25, 0.3) is 10.8 Å². The third-order valence-corrected chi connectivity index (χ3v) is 4.61. The third kappa shape index (κ3) is 4.33. The lowest BCUT2D eigenvalue weighted by molar-refractivity contribution is 0.306. The average Bonchev–Trinajstić information content (AvgIpc) is 2.74. The largest absolute Gasteiger partial charge is 0.488 e. The van der Waals surface area contributed by atoms with E-state index < -0.39 is 0 Å². The molecule has 0 aliphatic rings. The second-order valence-electron chi connectivity index (χ2n) is 6.35. The number of rotatable bonds is 6. The highest BCUT2D eigenvalue weighted by molar-refractivity contribution is 6.30. The molecule has 4 heteroatoms. The molecule has 0 unspecified atom stereocenters. The Kier molecular flexibility index (Phi) is 5.55. The van der Waals surface area contributed by atoms with Gasteiger partial charge in [0.05, 0.1) is 11.9 Å². The molecule has 1 N–H and O–H groups in total. The van der Waals surface area contributed by atoms with E-state index in [0.29, 0.717) is 11.6 Å². The van der Waals surface area contributed by atoms with E-state index in [2.05, 4.69) is 40.9 Å². The molecule has 4 aromatic carbocycles. The van der Waals surface area contributed by atoms with Crippen LogP contribution in [0.3, 0.4) is 0 Å². The fourth-order valence-electron chi connectivity index (χ4n) is 3.00. The maximum atomic E-state index is 6.11. The zero-order chi connectivity index (χ0) is 19.2. The van der Waals surface area contributed by atoms with Crippen LogP contribution in [0.2, 0.25) is 5.02 Å². The van der Waals surface area contributed by atoms with Crippen molar-refractivity contribution in [3.05, 3.63) is 107 Å². The highest BCUT2D eigenvalue weighted by atomic mass is 35.5. The van der Waals surface area contributed by atoms with Gasteiger partial charge in [0, 0.05) is 10.6 Å². The first-order valence-electron chi connectivity index (χ1n) is 9.03. The summed E-state index contributed by atoms with van der Waals surface area (Å²) >= 11 is 6.03. The Labute approximate surface area is 169 Å². The zero-order valence-corrected chi connectivity index (χ0v) is 15.9. The van der Waals surface area contributed by atoms with Crippen LogP contribution < -0.4 is 10.2 Å². The SMILES string of the molecule is Clc1cccc(NN=Cc2c(OCc3ccccc3)ccc3ccccc23)c1. The number of fused-ring (bicyclic) bond motifs is 1. The first-order valence-corrected chi connectivity index (χ1v) is 9.40. The van der Waals surface area contributed by atoms with Crippen molar-refractivity contribution >= 4 is 34.3 Å². The highest BCUT2D eigenvalue weighted by Gasteiger charge is 2.07. The van der Waals surface area contributed by atoms with Gasteiger partial charge in [0.2, 0.25) is 0 Å². The second-order valence-corrected chi connectivity index (χ2v) is 6.79. The van der Waals surface area contributed by atoms with Gasteiger partial charge in [-0.25, -0.2) is 0 Å². The summed E-state index contributed by atoms with van der Waals surface area (Å²) in [6.45, 7) is 0.502. The van der Waals surface area contributed by atoms with Crippen LogP contribution in [0.4, 0.5) is 5.69 Å². The fraction of sp³-hybridized carbons (Fsp3) is 0.0417. The first kappa shape index (κ1) is 18.1. The number of halogens is 1. The Balaban J connectivity index is 1.62. The molecule has 138 valence electrons. The smallest absolute Gasteiger partial charge is 0.129 e. The van der Waals surface area contributed by atoms with E-state index in [-0.39, 0.29) is 0 Å². The molecule has 4 aromatic rings. The first-order chi connectivity index (χ1) is 13.8. The summed E-state index contributed by atoms with van der Waals surface area (Å²) in [7, 11) is 0. The molecule has 0 atom stereocenters. The Hall–Kier alpha value is -3.30. The van der Waals surface area contributed by atoms with Gasteiger partial charge >= 0.3 is 0 Å². The maximum Gasteiger partial charge on any atom is 0.129 e. The van der Waals surface area contributed by atoms with E-state index in [1.807, 2.05) is 60.7 Å². The van der Waals surface area contributed by atoms with Gasteiger partial charge in [-0.2, -0.15) is 5.10 Å². The Morgan fingerprint density at radius 2 is 1.68 bits per heavy atom. The predicted molar refractivity (Wildman–Crippen MR) is 117 cm³/mol. The van der Waals surface area contributed by atoms with Crippen molar-refractivity contribution in [2.75, 3.05) is 5.43 Å². The molecule has 0 heterocycles. The van der Waals surface area contributed by atoms with Crippen molar-refractivity contribution in [3.63, 3.8) is 0 Å². The van der Waals surface area contributed by atoms with Gasteiger partial charge in [-0.05, 0) is 40.6 Å². The van der Waals surface area contributed by atoms with Gasteiger partial charge in [-0.1, -0.05) is 78.3 Å². The van der Waals surface area contributed by atoms with Crippen LogP contribution in [0, 0.1) is 0 Å². The van der Waals surface area contributed by atoms with Gasteiger partial charge in [0.15, 0.2) is 0 Å². The number of hydrogen-bond acceptors (Lipinski definition) is 3. The molecule has 0 aliphatic carbocycles. The standard InChI is InChI=1S/C24H19ClN2O/c25-20-10-6-11-21(15-20)27-26-16-23-22-12-5-4-9-19(22)13-14-24(23)28-17-18-7-2-1-3-8-18/h1-16,27H,17H2. The van der Waals surface area contributed by atoms with E-state index in [1.54, 1.807) is 6.21 Å². The zero-order valence-electron chi connectivity index (χ0n) is 15.2. The minimum Gasteiger partial charge on any atom is -0.488 e. The van der Waals surface area contributed by atoms with Crippen LogP contribution in [0.5, 0.6) is 5.75 Å². The summed E-state index contributed by atoms with van der Waals surface area (Å²) in [6.07, 6.45) is 1.80. The molecular weight excluding hydrogens is 368 g/mol. The molecule has 3 nitrogen and oxygen atoms in total. The summed E-state index contributed by atoms with van der Waals surface area (Å²) in [4.78, 5) is 0. The molecule has 0 amide bonds. The minimum atomic E-state index is 0.502. The van der Waals surface area contributed by atoms with Crippen molar-refractivity contribution < 1.29 is 4.74 Å². The van der Waals surface area contributed by atoms with E-state index in [4.69, 9.17) is 16.3 Å². The maximum absolute atomic E-state index is 6.11. The van der Waals surface area contributed by atoms with Crippen LogP contribution in [0.1, 0.15) is 11.1 Å². The number of nitrogens with zero attached hydrogens (tertiary/aromatic N) is 1. The second kappa shape index (κ2) is 8.59. The molecule has 0 radical (unpaired) electrons. The van der Waals surface area contributed by atoms with Gasteiger partial charge in [-0.3, -0.25) is 5.43 Å². The number of ether oxygens (including phenoxy) is 1. The minimum absolute atomic E-state index is 0.502. The number of anilines is 1. The molecular formula is C24H19ClN2O. The highest BCUT2D eigenvalue weighted by Crippen LogP contribution is 2.27. The predicted octanol–water partition coefficient (Wildman–Crippen LogP) is 6.52. The Bertz CT molecular complexity index is 1110. The van der Waals surface area contributed by atoms with Crippen molar-refractivity contribution in [1.82, 2.24) is 0 Å². The fourth-order valence-corrected chi connectivity index (χ4v) is 3.19. The number of hydrogen-bond donors (Lipinski definition) is 1. The Morgan fingerprint density at radius 3 is 2.54 bits per heavy atom. The van der Waals surface area contributed by atoms with Crippen LogP contribution in [-0.2, 0) is 6.61 Å². The van der Waals surface area contributed by atoms with E-state index in [9.17, 15) is 0 Å². The van der Waals surface area contributed by atoms with Gasteiger partial charge in [0.1, 0.15) is 12.4 Å². The Morgan fingerprint density at radius 1 is 0.857 bits per heavy atom. The summed E-state index contributed by atoms with van der Waals surface area (Å²) < 4.78 is 6.11. The van der Waals surface area contributed by atoms with E-state index in [1.165, 1.54) is 0 Å². The lowest BCUT2D eigenvalue weighted by Crippen LogP contribution is -2.00. The topological polar surface area (TPSA) is 33.6 Å². The molecule has 0 aromatic heterocycles. The lowest BCUT2D eigenvalue weighted by Gasteiger charge is -2.12. The van der Waals surface area contributed by atoms with Crippen LogP contribution in [-0.4, -0.2) is 6.21 Å². The van der Waals surface area contributed by atoms with Gasteiger partial charge < -0.3 is 4.74 Å². The molecule has 0 fully saturated rings. The number of benzene rings is 4. The van der Waals surface area contributed by atoms with Crippen molar-refractivity contribution in [2.45, 2.75) is 6.61 Å². The molecule has 0 spiro atoms. The molecule has 0 saturated carbocycles. The summed E-state index contributed by atoms with van der Waals surface area (Å²) in [5, 5.41) is 7.29. The van der Waals surface area contributed by atoms with Crippen molar-refractivity contribution in [2.24, 2.45) is 5.10 Å². The average molecular weight is 387 g/mol. The normalized spacial score (nSPS) is 11.0. The molecule has 0 bridgehead atoms. The van der Waals surface area contributed by atoms with Gasteiger partial charge in [0.25, 0.3) is 0 Å². The number of nitrogens with one attached hydrogen (secondary N) is 1. The van der Waals surface area contributed by atoms with E-state index in [0.717, 1.165) is 33.3 Å². The van der Waals surface area contributed by atoms with Crippen LogP contribution in [0.15, 0.2) is 96.1 Å². The third-order valence-electron chi connectivity index (χ3n) is 4.38. The van der Waals surface area contributed by atoms with Crippen LogP contribution >= 0.6 is 11.6 Å². The quantitative estimate of drug-likeness (QED) is 0.302. The summed E-state index contributed by atoms with van der Waals surface area (Å²) in [5.41, 5.74) is 5.91. The monoisotopic (exact) mass is 386 g/mol. The molecule has 0 saturated heterocycles. The van der Waals surface area contributed by atoms with Crippen molar-refractivity contribution in [3.8, 4) is 5.75 Å². The molecule has 0 aliphatic heterocycles. The molecule has 4 rings (SSSR count). The number of hydrazone groups is 1.